The number of nitrogens with one attached hydrogen (secondary N) is 1. The first kappa shape index (κ1) is 35.9. The van der Waals surface area contributed by atoms with E-state index in [2.05, 4.69) is 36.2 Å². The Morgan fingerprint density at radius 2 is 1.89 bits per heavy atom. The molecule has 1 aliphatic heterocycles. The Bertz CT molecular complexity index is 1740. The molecule has 3 N–H and O–H groups in total. The van der Waals surface area contributed by atoms with Crippen LogP contribution in [0.1, 0.15) is 43.9 Å². The second-order valence-corrected chi connectivity index (χ2v) is 14.1. The molecule has 0 fully saturated rings. The molecule has 0 bridgehead atoms. The number of nitrogens with zero attached hydrogens (tertiary/aromatic N) is 4. The predicted molar refractivity (Wildman–Crippen MR) is 180 cm³/mol. The fourth-order valence-corrected chi connectivity index (χ4v) is 5.32. The largest absolute Gasteiger partial charge is 0.488 e. The Morgan fingerprint density at radius 3 is 2.55 bits per heavy atom. The molecule has 1 aromatic heterocycles. The minimum atomic E-state index is -3.68. The number of para-hydroxylation sites is 1. The summed E-state index contributed by atoms with van der Waals surface area (Å²) in [5.41, 5.74) is 1.81. The van der Waals surface area contributed by atoms with Crippen molar-refractivity contribution >= 4 is 49.9 Å². The van der Waals surface area contributed by atoms with Crippen LogP contribution < -0.4 is 14.4 Å². The summed E-state index contributed by atoms with van der Waals surface area (Å²) in [6, 6.07) is 13.0. The third-order valence-electron chi connectivity index (χ3n) is 7.05. The highest BCUT2D eigenvalue weighted by atomic mass is 79.9. The zero-order valence-corrected chi connectivity index (χ0v) is 28.7. The van der Waals surface area contributed by atoms with Crippen LogP contribution in [0.2, 0.25) is 0 Å². The lowest BCUT2D eigenvalue weighted by atomic mass is 9.97. The lowest BCUT2D eigenvalue weighted by molar-refractivity contribution is -0.122. The third kappa shape index (κ3) is 10.0. The Hall–Kier alpha value is -3.92. The van der Waals surface area contributed by atoms with Gasteiger partial charge in [0.2, 0.25) is 21.9 Å². The fourth-order valence-electron chi connectivity index (χ4n) is 4.55. The zero-order chi connectivity index (χ0) is 34.3. The van der Waals surface area contributed by atoms with Crippen LogP contribution in [0.15, 0.2) is 64.1 Å². The van der Waals surface area contributed by atoms with Crippen molar-refractivity contribution in [2.45, 2.75) is 50.9 Å². The number of aliphatic hydroxyl groups is 2. The number of anilines is 1. The molecule has 0 saturated heterocycles. The van der Waals surface area contributed by atoms with Crippen LogP contribution in [0.4, 0.5) is 10.3 Å². The van der Waals surface area contributed by atoms with E-state index in [0.29, 0.717) is 34.8 Å². The number of sulfonamides is 1. The number of ether oxygens (including phenoxy) is 2. The van der Waals surface area contributed by atoms with Crippen molar-refractivity contribution in [1.82, 2.24) is 15.3 Å². The smallest absolute Gasteiger partial charge is 0.292 e. The standard InChI is InChI=1S/C32H37BrFN5O7S/c1-19(2)29-25(30(20-9-11-21(34)12-10-20)38-31(37-29)39(3)47(4,43)44)14-13-22(40)15-23(41)16-28(42)36-32-35-17-24(46-32)18-45-27-8-6-5-7-26(27)33/h5-14,19,22-24,40-41H,15-18H2,1-4H3,(H,35,36,42)/b14-13+/t22-,23+,24?/m0/s1. The van der Waals surface area contributed by atoms with Crippen LogP contribution in [0.5, 0.6) is 5.75 Å². The van der Waals surface area contributed by atoms with Crippen molar-refractivity contribution in [1.29, 1.82) is 0 Å². The van der Waals surface area contributed by atoms with E-state index in [1.54, 1.807) is 6.08 Å². The van der Waals surface area contributed by atoms with E-state index < -0.39 is 40.1 Å². The molecule has 12 nitrogen and oxygen atoms in total. The summed E-state index contributed by atoms with van der Waals surface area (Å²) in [7, 11) is -2.35. The van der Waals surface area contributed by atoms with Crippen molar-refractivity contribution < 1.29 is 37.3 Å². The Labute approximate surface area is 281 Å². The molecule has 2 heterocycles. The highest BCUT2D eigenvalue weighted by Gasteiger charge is 2.25. The number of amidine groups is 1. The number of aliphatic hydroxyl groups excluding tert-OH is 2. The van der Waals surface area contributed by atoms with E-state index >= 15 is 0 Å². The average Bonchev–Trinajstić information content (AvgIpc) is 3.45. The Balaban J connectivity index is 1.40. The molecule has 3 atom stereocenters. The number of amides is 1. The van der Waals surface area contributed by atoms with Gasteiger partial charge in [0.15, 0.2) is 6.10 Å². The summed E-state index contributed by atoms with van der Waals surface area (Å²) in [4.78, 5) is 25.7. The number of carbonyl (C=O) groups is 1. The van der Waals surface area contributed by atoms with E-state index in [1.807, 2.05) is 38.1 Å². The van der Waals surface area contributed by atoms with Gasteiger partial charge in [-0.3, -0.25) is 10.1 Å². The number of carbonyl (C=O) groups excluding carboxylic acids is 1. The first-order chi connectivity index (χ1) is 22.2. The van der Waals surface area contributed by atoms with Gasteiger partial charge < -0.3 is 19.7 Å². The van der Waals surface area contributed by atoms with Gasteiger partial charge in [-0.1, -0.05) is 38.1 Å². The van der Waals surface area contributed by atoms with E-state index in [9.17, 15) is 27.8 Å². The third-order valence-corrected chi connectivity index (χ3v) is 8.86. The van der Waals surface area contributed by atoms with Crippen LogP contribution in [0.3, 0.4) is 0 Å². The number of aromatic nitrogens is 2. The molecule has 0 aliphatic carbocycles. The first-order valence-corrected chi connectivity index (χ1v) is 17.4. The molecule has 15 heteroatoms. The molecule has 1 amide bonds. The molecule has 3 aromatic rings. The van der Waals surface area contributed by atoms with Crippen LogP contribution in [0, 0.1) is 5.82 Å². The first-order valence-electron chi connectivity index (χ1n) is 14.8. The molecular weight excluding hydrogens is 697 g/mol. The van der Waals surface area contributed by atoms with Gasteiger partial charge in [0.05, 0.1) is 47.3 Å². The highest BCUT2D eigenvalue weighted by Crippen LogP contribution is 2.32. The maximum absolute atomic E-state index is 13.7. The molecule has 0 radical (unpaired) electrons. The fraction of sp³-hybridized carbons (Fsp3) is 0.375. The van der Waals surface area contributed by atoms with Gasteiger partial charge in [-0.25, -0.2) is 32.1 Å². The summed E-state index contributed by atoms with van der Waals surface area (Å²) in [6.07, 6.45) is 0.786. The minimum absolute atomic E-state index is 0.0304. The maximum Gasteiger partial charge on any atom is 0.292 e. The molecule has 2 aromatic carbocycles. The summed E-state index contributed by atoms with van der Waals surface area (Å²) < 4.78 is 51.4. The number of hydrogen-bond acceptors (Lipinski definition) is 10. The van der Waals surface area contributed by atoms with E-state index in [0.717, 1.165) is 15.0 Å². The van der Waals surface area contributed by atoms with Gasteiger partial charge in [0, 0.05) is 24.6 Å². The minimum Gasteiger partial charge on any atom is -0.488 e. The molecule has 252 valence electrons. The van der Waals surface area contributed by atoms with Gasteiger partial charge in [-0.05, 0) is 58.2 Å². The lowest BCUT2D eigenvalue weighted by Crippen LogP contribution is -2.35. The Morgan fingerprint density at radius 1 is 1.19 bits per heavy atom. The van der Waals surface area contributed by atoms with E-state index in [-0.39, 0.29) is 37.3 Å². The summed E-state index contributed by atoms with van der Waals surface area (Å²) in [5.74, 6) is -0.599. The van der Waals surface area contributed by atoms with Gasteiger partial charge >= 0.3 is 0 Å². The predicted octanol–water partition coefficient (Wildman–Crippen LogP) is 4.03. The number of benzene rings is 2. The van der Waals surface area contributed by atoms with E-state index in [1.165, 1.54) is 37.4 Å². The van der Waals surface area contributed by atoms with Crippen molar-refractivity contribution in [3.8, 4) is 17.0 Å². The summed E-state index contributed by atoms with van der Waals surface area (Å²) in [5, 5.41) is 23.8. The van der Waals surface area contributed by atoms with Crippen LogP contribution in [-0.4, -0.2) is 85.3 Å². The second-order valence-electron chi connectivity index (χ2n) is 11.3. The molecular formula is C32H37BrFN5O7S. The molecule has 0 saturated carbocycles. The number of hydrogen-bond donors (Lipinski definition) is 3. The van der Waals surface area contributed by atoms with Crippen LogP contribution in [0.25, 0.3) is 17.3 Å². The molecule has 4 rings (SSSR count). The van der Waals surface area contributed by atoms with Crippen LogP contribution >= 0.6 is 15.9 Å². The van der Waals surface area contributed by atoms with Gasteiger partial charge in [-0.15, -0.1) is 0 Å². The summed E-state index contributed by atoms with van der Waals surface area (Å²) in [6.45, 7) is 4.25. The topological polar surface area (TPSA) is 164 Å². The number of aliphatic imine (C=N–C) groups is 1. The van der Waals surface area contributed by atoms with Crippen molar-refractivity contribution in [3.63, 3.8) is 0 Å². The number of rotatable bonds is 13. The van der Waals surface area contributed by atoms with Crippen LogP contribution in [-0.2, 0) is 19.6 Å². The van der Waals surface area contributed by atoms with Crippen molar-refractivity contribution in [2.24, 2.45) is 4.99 Å². The normalized spacial score (nSPS) is 16.1. The molecule has 1 unspecified atom stereocenters. The molecule has 1 aliphatic rings. The SMILES string of the molecule is CC(C)c1nc(N(C)S(C)(=O)=O)nc(-c2ccc(F)cc2)c1/C=C/[C@H](O)C[C@@H](O)CC(=O)NC1=NCC(COc2ccccc2Br)O1. The quantitative estimate of drug-likeness (QED) is 0.235. The van der Waals surface area contributed by atoms with Gasteiger partial charge in [-0.2, -0.15) is 0 Å². The van der Waals surface area contributed by atoms with E-state index in [4.69, 9.17) is 9.47 Å². The van der Waals surface area contributed by atoms with Crippen molar-refractivity contribution in [3.05, 3.63) is 76.2 Å². The Kier molecular flexibility index (Phi) is 12.1. The monoisotopic (exact) mass is 733 g/mol. The second kappa shape index (κ2) is 15.8. The zero-order valence-electron chi connectivity index (χ0n) is 26.3. The van der Waals surface area contributed by atoms with Gasteiger partial charge in [0.25, 0.3) is 6.02 Å². The summed E-state index contributed by atoms with van der Waals surface area (Å²) >= 11 is 3.41. The maximum atomic E-state index is 13.7. The average molecular weight is 735 g/mol. The molecule has 47 heavy (non-hydrogen) atoms. The lowest BCUT2D eigenvalue weighted by Gasteiger charge is -2.20. The highest BCUT2D eigenvalue weighted by molar-refractivity contribution is 9.10. The molecule has 0 spiro atoms. The number of halogens is 2. The van der Waals surface area contributed by atoms with Crippen molar-refractivity contribution in [2.75, 3.05) is 30.8 Å². The van der Waals surface area contributed by atoms with Gasteiger partial charge in [0.1, 0.15) is 18.2 Å².